The Bertz CT molecular complexity index is 881. The van der Waals surface area contributed by atoms with Gasteiger partial charge in [-0.1, -0.05) is 54.1 Å². The lowest BCUT2D eigenvalue weighted by atomic mass is 9.87. The zero-order valence-corrected chi connectivity index (χ0v) is 15.6. The zero-order chi connectivity index (χ0) is 17.2. The van der Waals surface area contributed by atoms with Crippen molar-refractivity contribution >= 4 is 28.5 Å². The minimum absolute atomic E-state index is 0.320. The number of hydrogen-bond donors (Lipinski definition) is 0. The second kappa shape index (κ2) is 7.07. The lowest BCUT2D eigenvalue weighted by Crippen LogP contribution is -2.05. The van der Waals surface area contributed by atoms with E-state index in [0.717, 1.165) is 17.2 Å². The number of benzene rings is 2. The molecule has 25 heavy (non-hydrogen) atoms. The SMILES string of the molecule is COc1ccccc1[C@H]1C=C(c2ccc(Cl)cc2)C[C@@H]1c1cccs1. The van der Waals surface area contributed by atoms with Crippen molar-refractivity contribution in [1.29, 1.82) is 0 Å². The van der Waals surface area contributed by atoms with Crippen LogP contribution in [0.2, 0.25) is 5.02 Å². The third kappa shape index (κ3) is 3.24. The molecule has 1 heterocycles. The third-order valence-electron chi connectivity index (χ3n) is 4.88. The highest BCUT2D eigenvalue weighted by Gasteiger charge is 2.32. The van der Waals surface area contributed by atoms with Crippen molar-refractivity contribution in [2.45, 2.75) is 18.3 Å². The normalized spacial score (nSPS) is 19.7. The van der Waals surface area contributed by atoms with Gasteiger partial charge in [0.2, 0.25) is 0 Å². The molecule has 0 N–H and O–H groups in total. The van der Waals surface area contributed by atoms with E-state index in [2.05, 4.69) is 53.9 Å². The van der Waals surface area contributed by atoms with Crippen LogP contribution in [0.1, 0.15) is 34.3 Å². The molecule has 0 radical (unpaired) electrons. The fourth-order valence-corrected chi connectivity index (χ4v) is 4.67. The van der Waals surface area contributed by atoms with Crippen molar-refractivity contribution in [1.82, 2.24) is 0 Å². The first-order valence-corrected chi connectivity index (χ1v) is 9.65. The molecular formula is C22H19ClOS. The van der Waals surface area contributed by atoms with Crippen molar-refractivity contribution in [3.63, 3.8) is 0 Å². The van der Waals surface area contributed by atoms with Crippen LogP contribution >= 0.6 is 22.9 Å². The van der Waals surface area contributed by atoms with E-state index < -0.39 is 0 Å². The Hall–Kier alpha value is -2.03. The number of methoxy groups -OCH3 is 1. The summed E-state index contributed by atoms with van der Waals surface area (Å²) in [4.78, 5) is 1.43. The van der Waals surface area contributed by atoms with Crippen LogP contribution in [-0.4, -0.2) is 7.11 Å². The molecule has 1 aliphatic rings. The van der Waals surface area contributed by atoms with E-state index in [1.165, 1.54) is 21.6 Å². The summed E-state index contributed by atoms with van der Waals surface area (Å²) in [7, 11) is 1.75. The molecule has 4 rings (SSSR count). The molecule has 0 spiro atoms. The van der Waals surface area contributed by atoms with Gasteiger partial charge in [-0.15, -0.1) is 11.3 Å². The molecule has 0 amide bonds. The summed E-state index contributed by atoms with van der Waals surface area (Å²) in [5.74, 6) is 1.73. The zero-order valence-electron chi connectivity index (χ0n) is 14.0. The van der Waals surface area contributed by atoms with Gasteiger partial charge in [0.1, 0.15) is 5.75 Å². The van der Waals surface area contributed by atoms with E-state index in [0.29, 0.717) is 11.8 Å². The number of hydrogen-bond acceptors (Lipinski definition) is 2. The van der Waals surface area contributed by atoms with Gasteiger partial charge in [-0.25, -0.2) is 0 Å². The Morgan fingerprint density at radius 1 is 1.00 bits per heavy atom. The Morgan fingerprint density at radius 2 is 1.80 bits per heavy atom. The van der Waals surface area contributed by atoms with Gasteiger partial charge in [-0.3, -0.25) is 0 Å². The number of ether oxygens (including phenoxy) is 1. The molecule has 3 heteroatoms. The number of para-hydroxylation sites is 1. The van der Waals surface area contributed by atoms with Crippen molar-refractivity contribution in [3.05, 3.63) is 93.1 Å². The van der Waals surface area contributed by atoms with Crippen LogP contribution in [0.3, 0.4) is 0 Å². The summed E-state index contributed by atoms with van der Waals surface area (Å²) < 4.78 is 5.64. The van der Waals surface area contributed by atoms with Gasteiger partial charge >= 0.3 is 0 Å². The number of rotatable bonds is 4. The minimum Gasteiger partial charge on any atom is -0.496 e. The van der Waals surface area contributed by atoms with E-state index in [1.54, 1.807) is 7.11 Å². The molecule has 0 aliphatic heterocycles. The Morgan fingerprint density at radius 3 is 2.52 bits per heavy atom. The fraction of sp³-hybridized carbons (Fsp3) is 0.182. The summed E-state index contributed by atoms with van der Waals surface area (Å²) in [6, 6.07) is 20.9. The van der Waals surface area contributed by atoms with Crippen molar-refractivity contribution in [2.75, 3.05) is 7.11 Å². The van der Waals surface area contributed by atoms with Crippen LogP contribution in [0.5, 0.6) is 5.75 Å². The second-order valence-electron chi connectivity index (χ2n) is 6.29. The summed E-state index contributed by atoms with van der Waals surface area (Å²) in [6.45, 7) is 0. The Kier molecular flexibility index (Phi) is 4.65. The van der Waals surface area contributed by atoms with E-state index in [4.69, 9.17) is 16.3 Å². The van der Waals surface area contributed by atoms with Crippen LogP contribution in [0, 0.1) is 0 Å². The number of halogens is 1. The highest BCUT2D eigenvalue weighted by molar-refractivity contribution is 7.10. The molecule has 1 nitrogen and oxygen atoms in total. The fourth-order valence-electron chi connectivity index (χ4n) is 3.67. The molecule has 3 aromatic rings. The molecule has 1 aliphatic carbocycles. The molecule has 0 bridgehead atoms. The van der Waals surface area contributed by atoms with Crippen LogP contribution < -0.4 is 4.74 Å². The minimum atomic E-state index is 0.320. The highest BCUT2D eigenvalue weighted by Crippen LogP contribution is 2.50. The van der Waals surface area contributed by atoms with Gasteiger partial charge in [0.25, 0.3) is 0 Å². The molecule has 0 fully saturated rings. The van der Waals surface area contributed by atoms with E-state index in [9.17, 15) is 0 Å². The standard InChI is InChI=1S/C22H19ClOS/c1-24-21-6-3-2-5-18(21)19-13-16(15-8-10-17(23)11-9-15)14-20(19)22-7-4-12-25-22/h2-13,19-20H,14H2,1H3/t19-,20+/m1/s1. The smallest absolute Gasteiger partial charge is 0.122 e. The van der Waals surface area contributed by atoms with Crippen molar-refractivity contribution in [3.8, 4) is 5.75 Å². The van der Waals surface area contributed by atoms with Gasteiger partial charge < -0.3 is 4.74 Å². The van der Waals surface area contributed by atoms with Gasteiger partial charge in [-0.05, 0) is 47.2 Å². The van der Waals surface area contributed by atoms with Crippen LogP contribution in [0.25, 0.3) is 5.57 Å². The molecule has 0 saturated carbocycles. The van der Waals surface area contributed by atoms with Crippen LogP contribution in [0.15, 0.2) is 72.1 Å². The summed E-state index contributed by atoms with van der Waals surface area (Å²) >= 11 is 7.89. The average molecular weight is 367 g/mol. The number of allylic oxidation sites excluding steroid dienone is 2. The van der Waals surface area contributed by atoms with Gasteiger partial charge in [0, 0.05) is 27.3 Å². The molecule has 2 aromatic carbocycles. The molecule has 1 aromatic heterocycles. The van der Waals surface area contributed by atoms with Crippen LogP contribution in [-0.2, 0) is 0 Å². The first-order valence-electron chi connectivity index (χ1n) is 8.39. The predicted molar refractivity (Wildman–Crippen MR) is 107 cm³/mol. The molecule has 126 valence electrons. The van der Waals surface area contributed by atoms with Crippen LogP contribution in [0.4, 0.5) is 0 Å². The predicted octanol–water partition coefficient (Wildman–Crippen LogP) is 6.76. The number of thiophene rings is 1. The van der Waals surface area contributed by atoms with Gasteiger partial charge in [0.15, 0.2) is 0 Å². The maximum Gasteiger partial charge on any atom is 0.122 e. The van der Waals surface area contributed by atoms with E-state index in [-0.39, 0.29) is 0 Å². The van der Waals surface area contributed by atoms with E-state index in [1.807, 2.05) is 29.5 Å². The van der Waals surface area contributed by atoms with Crippen molar-refractivity contribution in [2.24, 2.45) is 0 Å². The van der Waals surface area contributed by atoms with E-state index >= 15 is 0 Å². The molecule has 2 atom stereocenters. The first-order chi connectivity index (χ1) is 12.3. The maximum atomic E-state index is 6.06. The summed E-state index contributed by atoms with van der Waals surface area (Å²) in [5.41, 5.74) is 3.89. The highest BCUT2D eigenvalue weighted by atomic mass is 35.5. The second-order valence-corrected chi connectivity index (χ2v) is 7.71. The summed E-state index contributed by atoms with van der Waals surface area (Å²) in [6.07, 6.45) is 3.44. The molecular weight excluding hydrogens is 348 g/mol. The van der Waals surface area contributed by atoms with Crippen molar-refractivity contribution < 1.29 is 4.74 Å². The summed E-state index contributed by atoms with van der Waals surface area (Å²) in [5, 5.41) is 2.94. The lowest BCUT2D eigenvalue weighted by Gasteiger charge is -2.20. The average Bonchev–Trinajstić information content (AvgIpc) is 3.32. The Labute approximate surface area is 157 Å². The first kappa shape index (κ1) is 16.4. The lowest BCUT2D eigenvalue weighted by molar-refractivity contribution is 0.406. The van der Waals surface area contributed by atoms with Gasteiger partial charge in [-0.2, -0.15) is 0 Å². The molecule has 0 saturated heterocycles. The van der Waals surface area contributed by atoms with Gasteiger partial charge in [0.05, 0.1) is 7.11 Å². The quantitative estimate of drug-likeness (QED) is 0.495. The monoisotopic (exact) mass is 366 g/mol. The largest absolute Gasteiger partial charge is 0.496 e. The third-order valence-corrected chi connectivity index (χ3v) is 6.13. The molecule has 0 unspecified atom stereocenters. The maximum absolute atomic E-state index is 6.06. The Balaban J connectivity index is 1.77. The topological polar surface area (TPSA) is 9.23 Å².